The van der Waals surface area contributed by atoms with E-state index in [4.69, 9.17) is 0 Å². The van der Waals surface area contributed by atoms with E-state index in [0.717, 1.165) is 17.0 Å². The summed E-state index contributed by atoms with van der Waals surface area (Å²) in [4.78, 5) is 21.6. The van der Waals surface area contributed by atoms with Gasteiger partial charge in [0.05, 0.1) is 0 Å². The molecule has 0 aliphatic carbocycles. The second-order valence-electron chi connectivity index (χ2n) is 2.96. The Bertz CT molecular complexity index is 467. The number of H-pyrrole nitrogens is 1. The number of aryl methyl sites for hydroxylation is 1. The highest BCUT2D eigenvalue weighted by atomic mass is 16.1. The van der Waals surface area contributed by atoms with E-state index in [2.05, 4.69) is 15.0 Å². The number of nitrogens with one attached hydrogen (secondary N) is 1. The number of aromatic nitrogens is 3. The van der Waals surface area contributed by atoms with Gasteiger partial charge in [0.15, 0.2) is 0 Å². The molecule has 2 heterocycles. The molecule has 0 fully saturated rings. The van der Waals surface area contributed by atoms with Gasteiger partial charge >= 0.3 is 0 Å². The first-order valence-electron chi connectivity index (χ1n) is 4.23. The van der Waals surface area contributed by atoms with Crippen LogP contribution in [0, 0.1) is 6.92 Å². The lowest BCUT2D eigenvalue weighted by atomic mass is 10.1. The molecule has 70 valence electrons. The summed E-state index contributed by atoms with van der Waals surface area (Å²) < 4.78 is 0. The van der Waals surface area contributed by atoms with E-state index >= 15 is 0 Å². The van der Waals surface area contributed by atoms with Crippen molar-refractivity contribution in [3.8, 4) is 11.1 Å². The zero-order valence-corrected chi connectivity index (χ0v) is 7.69. The molecule has 0 saturated carbocycles. The number of rotatable bonds is 1. The van der Waals surface area contributed by atoms with Crippen molar-refractivity contribution in [1.82, 2.24) is 15.0 Å². The maximum absolute atomic E-state index is 10.8. The van der Waals surface area contributed by atoms with Crippen molar-refractivity contribution >= 4 is 0 Å². The summed E-state index contributed by atoms with van der Waals surface area (Å²) in [6.45, 7) is 1.83. The molecule has 0 radical (unpaired) electrons. The first-order chi connectivity index (χ1) is 6.75. The van der Waals surface area contributed by atoms with Gasteiger partial charge in [-0.2, -0.15) is 0 Å². The Morgan fingerprint density at radius 3 is 2.43 bits per heavy atom. The molecule has 0 spiro atoms. The molecule has 14 heavy (non-hydrogen) atoms. The van der Waals surface area contributed by atoms with Crippen LogP contribution >= 0.6 is 0 Å². The van der Waals surface area contributed by atoms with E-state index in [9.17, 15) is 4.79 Å². The summed E-state index contributed by atoms with van der Waals surface area (Å²) in [7, 11) is 0. The standard InChI is InChI=1S/C10H9N3O/c1-7-11-5-9(6-12-7)8-2-3-10(14)13-4-8/h2-6H,1H3,(H,13,14). The predicted molar refractivity (Wildman–Crippen MR) is 52.8 cm³/mol. The average Bonchev–Trinajstić information content (AvgIpc) is 2.21. The van der Waals surface area contributed by atoms with Crippen LogP contribution in [0.2, 0.25) is 0 Å². The van der Waals surface area contributed by atoms with E-state index in [1.54, 1.807) is 24.7 Å². The summed E-state index contributed by atoms with van der Waals surface area (Å²) in [5.41, 5.74) is 1.69. The smallest absolute Gasteiger partial charge is 0.247 e. The number of pyridine rings is 1. The van der Waals surface area contributed by atoms with Crippen molar-refractivity contribution in [3.05, 3.63) is 46.9 Å². The monoisotopic (exact) mass is 187 g/mol. The van der Waals surface area contributed by atoms with Crippen molar-refractivity contribution in [2.45, 2.75) is 6.92 Å². The number of hydrogen-bond donors (Lipinski definition) is 1. The highest BCUT2D eigenvalue weighted by Gasteiger charge is 1.97. The van der Waals surface area contributed by atoms with Crippen LogP contribution in [0.25, 0.3) is 11.1 Å². The lowest BCUT2D eigenvalue weighted by molar-refractivity contribution is 1.05. The molecule has 4 nitrogen and oxygen atoms in total. The molecule has 2 aromatic heterocycles. The Labute approximate surface area is 80.7 Å². The first-order valence-corrected chi connectivity index (χ1v) is 4.23. The zero-order chi connectivity index (χ0) is 9.97. The zero-order valence-electron chi connectivity index (χ0n) is 7.69. The van der Waals surface area contributed by atoms with Gasteiger partial charge in [-0.15, -0.1) is 0 Å². The maximum atomic E-state index is 10.8. The minimum Gasteiger partial charge on any atom is -0.328 e. The van der Waals surface area contributed by atoms with E-state index in [-0.39, 0.29) is 5.56 Å². The molecule has 1 N–H and O–H groups in total. The van der Waals surface area contributed by atoms with Crippen LogP contribution < -0.4 is 5.56 Å². The summed E-state index contributed by atoms with van der Waals surface area (Å²) in [5, 5.41) is 0. The summed E-state index contributed by atoms with van der Waals surface area (Å²) in [5.74, 6) is 0.734. The fraction of sp³-hybridized carbons (Fsp3) is 0.100. The molecule has 0 aromatic carbocycles. The molecule has 0 unspecified atom stereocenters. The van der Waals surface area contributed by atoms with Gasteiger partial charge in [0.1, 0.15) is 5.82 Å². The van der Waals surface area contributed by atoms with Crippen molar-refractivity contribution in [2.24, 2.45) is 0 Å². The normalized spacial score (nSPS) is 10.1. The molecule has 0 aliphatic heterocycles. The van der Waals surface area contributed by atoms with Gasteiger partial charge in [0.2, 0.25) is 5.56 Å². The van der Waals surface area contributed by atoms with Gasteiger partial charge in [-0.05, 0) is 13.0 Å². The molecular weight excluding hydrogens is 178 g/mol. The molecule has 0 atom stereocenters. The minimum atomic E-state index is -0.109. The van der Waals surface area contributed by atoms with Crippen LogP contribution in [0.3, 0.4) is 0 Å². The fourth-order valence-corrected chi connectivity index (χ4v) is 1.13. The van der Waals surface area contributed by atoms with Gasteiger partial charge in [0, 0.05) is 35.8 Å². The van der Waals surface area contributed by atoms with Crippen molar-refractivity contribution in [2.75, 3.05) is 0 Å². The number of aromatic amines is 1. The molecule has 0 saturated heterocycles. The van der Waals surface area contributed by atoms with Crippen molar-refractivity contribution < 1.29 is 0 Å². The van der Waals surface area contributed by atoms with Gasteiger partial charge < -0.3 is 4.98 Å². The van der Waals surface area contributed by atoms with Crippen LogP contribution in [0.1, 0.15) is 5.82 Å². The third-order valence-electron chi connectivity index (χ3n) is 1.90. The molecular formula is C10H9N3O. The molecule has 0 amide bonds. The van der Waals surface area contributed by atoms with E-state index < -0.39 is 0 Å². The molecule has 2 aromatic rings. The van der Waals surface area contributed by atoms with Crippen LogP contribution in [-0.4, -0.2) is 15.0 Å². The summed E-state index contributed by atoms with van der Waals surface area (Å²) in [6.07, 6.45) is 5.11. The molecule has 0 bridgehead atoms. The highest BCUT2D eigenvalue weighted by molar-refractivity contribution is 5.59. The third kappa shape index (κ3) is 1.69. The lowest BCUT2D eigenvalue weighted by Crippen LogP contribution is -2.01. The Morgan fingerprint density at radius 1 is 1.14 bits per heavy atom. The maximum Gasteiger partial charge on any atom is 0.247 e. The minimum absolute atomic E-state index is 0.109. The van der Waals surface area contributed by atoms with Gasteiger partial charge in [-0.25, -0.2) is 9.97 Å². The SMILES string of the molecule is Cc1ncc(-c2ccc(=O)[nH]c2)cn1. The largest absolute Gasteiger partial charge is 0.328 e. The Balaban J connectivity index is 2.44. The van der Waals surface area contributed by atoms with E-state index in [1.807, 2.05) is 6.92 Å². The number of nitrogens with zero attached hydrogens (tertiary/aromatic N) is 2. The Morgan fingerprint density at radius 2 is 1.86 bits per heavy atom. The summed E-state index contributed by atoms with van der Waals surface area (Å²) in [6, 6.07) is 3.22. The second kappa shape index (κ2) is 3.41. The predicted octanol–water partition coefficient (Wildman–Crippen LogP) is 1.14. The molecule has 2 rings (SSSR count). The first kappa shape index (κ1) is 8.62. The van der Waals surface area contributed by atoms with Crippen molar-refractivity contribution in [3.63, 3.8) is 0 Å². The van der Waals surface area contributed by atoms with Crippen LogP contribution in [0.5, 0.6) is 0 Å². The van der Waals surface area contributed by atoms with Crippen LogP contribution in [0.15, 0.2) is 35.5 Å². The highest BCUT2D eigenvalue weighted by Crippen LogP contribution is 2.13. The Kier molecular flexibility index (Phi) is 2.10. The van der Waals surface area contributed by atoms with E-state index in [0.29, 0.717) is 0 Å². The van der Waals surface area contributed by atoms with Gasteiger partial charge in [0.25, 0.3) is 0 Å². The quantitative estimate of drug-likeness (QED) is 0.728. The second-order valence-corrected chi connectivity index (χ2v) is 2.96. The van der Waals surface area contributed by atoms with Gasteiger partial charge in [-0.3, -0.25) is 4.79 Å². The molecule has 0 aliphatic rings. The topological polar surface area (TPSA) is 58.6 Å². The fourth-order valence-electron chi connectivity index (χ4n) is 1.13. The molecule has 4 heteroatoms. The summed E-state index contributed by atoms with van der Waals surface area (Å²) >= 11 is 0. The van der Waals surface area contributed by atoms with Gasteiger partial charge in [-0.1, -0.05) is 0 Å². The van der Waals surface area contributed by atoms with E-state index in [1.165, 1.54) is 6.07 Å². The Hall–Kier alpha value is -1.97. The number of hydrogen-bond acceptors (Lipinski definition) is 3. The van der Waals surface area contributed by atoms with Crippen molar-refractivity contribution in [1.29, 1.82) is 0 Å². The average molecular weight is 187 g/mol. The lowest BCUT2D eigenvalue weighted by Gasteiger charge is -1.99. The van der Waals surface area contributed by atoms with Crippen LogP contribution in [0.4, 0.5) is 0 Å². The van der Waals surface area contributed by atoms with Crippen LogP contribution in [-0.2, 0) is 0 Å². The third-order valence-corrected chi connectivity index (χ3v) is 1.90.